The molecule has 0 N–H and O–H groups in total. The predicted molar refractivity (Wildman–Crippen MR) is 105 cm³/mol. The maximum absolute atomic E-state index is 13.1. The number of halogens is 1. The van der Waals surface area contributed by atoms with Crippen LogP contribution in [-0.2, 0) is 0 Å². The number of thioether (sulfide) groups is 2. The van der Waals surface area contributed by atoms with Gasteiger partial charge in [0.25, 0.3) is 0 Å². The largest absolute Gasteiger partial charge is 0.497 e. The molecule has 2 rings (SSSR count). The van der Waals surface area contributed by atoms with Crippen molar-refractivity contribution in [3.05, 3.63) is 70.2 Å². The Balaban J connectivity index is 2.18. The van der Waals surface area contributed by atoms with Gasteiger partial charge in [-0.25, -0.2) is 4.39 Å². The number of ether oxygens (including phenoxy) is 1. The molecule has 0 radical (unpaired) electrons. The Morgan fingerprint density at radius 3 is 2.32 bits per heavy atom. The van der Waals surface area contributed by atoms with Crippen LogP contribution in [0.3, 0.4) is 0 Å². The first-order valence-corrected chi connectivity index (χ1v) is 9.74. The van der Waals surface area contributed by atoms with Crippen LogP contribution in [0.1, 0.15) is 24.2 Å². The number of ketones is 1. The molecule has 0 unspecified atom stereocenters. The molecule has 2 nitrogen and oxygen atoms in total. The summed E-state index contributed by atoms with van der Waals surface area (Å²) in [5.74, 6) is 1.83. The zero-order valence-corrected chi connectivity index (χ0v) is 16.1. The van der Waals surface area contributed by atoms with Crippen molar-refractivity contribution in [2.24, 2.45) is 5.92 Å². The van der Waals surface area contributed by atoms with E-state index in [0.717, 1.165) is 20.6 Å². The van der Waals surface area contributed by atoms with Gasteiger partial charge >= 0.3 is 0 Å². The van der Waals surface area contributed by atoms with Gasteiger partial charge in [0, 0.05) is 26.5 Å². The van der Waals surface area contributed by atoms with Gasteiger partial charge in [-0.2, -0.15) is 0 Å². The van der Waals surface area contributed by atoms with E-state index in [-0.39, 0.29) is 11.6 Å². The van der Waals surface area contributed by atoms with Crippen LogP contribution in [0.4, 0.5) is 4.39 Å². The first kappa shape index (κ1) is 19.6. The van der Waals surface area contributed by atoms with Gasteiger partial charge < -0.3 is 4.74 Å². The Morgan fingerprint density at radius 1 is 1.12 bits per heavy atom. The number of allylic oxidation sites excluding steroid dienone is 1. The van der Waals surface area contributed by atoms with E-state index in [0.29, 0.717) is 11.5 Å². The monoisotopic (exact) mass is 376 g/mol. The molecule has 2 aromatic carbocycles. The van der Waals surface area contributed by atoms with Gasteiger partial charge in [-0.3, -0.25) is 4.79 Å². The molecule has 0 saturated heterocycles. The van der Waals surface area contributed by atoms with E-state index in [9.17, 15) is 9.18 Å². The van der Waals surface area contributed by atoms with Gasteiger partial charge in [-0.1, -0.05) is 25.6 Å². The van der Waals surface area contributed by atoms with Crippen LogP contribution in [0.25, 0.3) is 0 Å². The summed E-state index contributed by atoms with van der Waals surface area (Å²) in [6.45, 7) is 4.27. The van der Waals surface area contributed by atoms with Crippen molar-refractivity contribution in [1.82, 2.24) is 0 Å². The van der Waals surface area contributed by atoms with Crippen molar-refractivity contribution in [2.45, 2.75) is 18.7 Å². The summed E-state index contributed by atoms with van der Waals surface area (Å²) in [5, 5.41) is 0. The molecule has 0 bridgehead atoms. The number of methoxy groups -OCH3 is 1. The number of benzene rings is 2. The summed E-state index contributed by atoms with van der Waals surface area (Å²) in [6, 6.07) is 13.4. The standard InChI is InChI=1S/C20H21FO2S2/c1-14(2)13-24-20(25-18-10-6-16(21)7-11-18)12-19(22)15-4-8-17(23-3)9-5-15/h4-12,14H,13H2,1-3H3/b20-12+. The number of hydrogen-bond acceptors (Lipinski definition) is 4. The van der Waals surface area contributed by atoms with Crippen LogP contribution < -0.4 is 4.74 Å². The molecule has 2 aromatic rings. The summed E-state index contributed by atoms with van der Waals surface area (Å²) < 4.78 is 19.1. The summed E-state index contributed by atoms with van der Waals surface area (Å²) in [6.07, 6.45) is 1.66. The molecule has 0 atom stereocenters. The first-order chi connectivity index (χ1) is 12.0. The summed E-state index contributed by atoms with van der Waals surface area (Å²) in [7, 11) is 1.59. The lowest BCUT2D eigenvalue weighted by molar-refractivity contribution is 0.104. The zero-order valence-electron chi connectivity index (χ0n) is 14.5. The Kier molecular flexibility index (Phi) is 7.59. The van der Waals surface area contributed by atoms with Crippen LogP contribution in [-0.4, -0.2) is 18.6 Å². The highest BCUT2D eigenvalue weighted by Gasteiger charge is 2.09. The van der Waals surface area contributed by atoms with E-state index in [1.54, 1.807) is 61.3 Å². The topological polar surface area (TPSA) is 26.3 Å². The van der Waals surface area contributed by atoms with Crippen LogP contribution in [0.2, 0.25) is 0 Å². The molecular weight excluding hydrogens is 355 g/mol. The Bertz CT molecular complexity index is 722. The van der Waals surface area contributed by atoms with Crippen molar-refractivity contribution in [3.8, 4) is 5.75 Å². The zero-order chi connectivity index (χ0) is 18.2. The summed E-state index contributed by atoms with van der Waals surface area (Å²) >= 11 is 3.13. The number of carbonyl (C=O) groups excluding carboxylic acids is 1. The van der Waals surface area contributed by atoms with Crippen LogP contribution in [0.15, 0.2) is 63.7 Å². The molecule has 0 saturated carbocycles. The molecule has 0 aromatic heterocycles. The molecule has 132 valence electrons. The van der Waals surface area contributed by atoms with Crippen molar-refractivity contribution in [1.29, 1.82) is 0 Å². The minimum Gasteiger partial charge on any atom is -0.497 e. The second-order valence-electron chi connectivity index (χ2n) is 5.82. The molecule has 0 aliphatic heterocycles. The molecule has 0 fully saturated rings. The maximum Gasteiger partial charge on any atom is 0.187 e. The molecule has 5 heteroatoms. The molecule has 0 aliphatic rings. The molecule has 0 aliphatic carbocycles. The van der Waals surface area contributed by atoms with E-state index < -0.39 is 0 Å². The van der Waals surface area contributed by atoms with Gasteiger partial charge in [0.2, 0.25) is 0 Å². The molecule has 0 spiro atoms. The molecule has 0 amide bonds. The third-order valence-electron chi connectivity index (χ3n) is 3.21. The predicted octanol–water partition coefficient (Wildman–Crippen LogP) is 6.04. The Labute approximate surface area is 156 Å². The van der Waals surface area contributed by atoms with Gasteiger partial charge in [0.05, 0.1) is 7.11 Å². The molecular formula is C20H21FO2S2. The third-order valence-corrected chi connectivity index (χ3v) is 5.88. The van der Waals surface area contributed by atoms with Crippen molar-refractivity contribution < 1.29 is 13.9 Å². The first-order valence-electron chi connectivity index (χ1n) is 7.94. The highest BCUT2D eigenvalue weighted by Crippen LogP contribution is 2.36. The lowest BCUT2D eigenvalue weighted by Crippen LogP contribution is -1.97. The fourth-order valence-electron chi connectivity index (χ4n) is 1.91. The molecule has 0 heterocycles. The van der Waals surface area contributed by atoms with Crippen LogP contribution in [0.5, 0.6) is 5.75 Å². The third kappa shape index (κ3) is 6.59. The fourth-order valence-corrected chi connectivity index (χ4v) is 4.00. The average Bonchev–Trinajstić information content (AvgIpc) is 2.61. The second-order valence-corrected chi connectivity index (χ2v) is 8.25. The normalized spacial score (nSPS) is 11.6. The minimum absolute atomic E-state index is 0.0523. The minimum atomic E-state index is -0.265. The Morgan fingerprint density at radius 2 is 1.76 bits per heavy atom. The van der Waals surface area contributed by atoms with Crippen molar-refractivity contribution >= 4 is 29.3 Å². The maximum atomic E-state index is 13.1. The highest BCUT2D eigenvalue weighted by molar-refractivity contribution is 8.22. The van der Waals surface area contributed by atoms with E-state index >= 15 is 0 Å². The van der Waals surface area contributed by atoms with Gasteiger partial charge in [-0.05, 0) is 54.4 Å². The number of rotatable bonds is 8. The van der Waals surface area contributed by atoms with E-state index in [1.165, 1.54) is 23.9 Å². The van der Waals surface area contributed by atoms with E-state index in [1.807, 2.05) is 0 Å². The van der Waals surface area contributed by atoms with Gasteiger partial charge in [0.15, 0.2) is 5.78 Å². The van der Waals surface area contributed by atoms with Crippen molar-refractivity contribution in [3.63, 3.8) is 0 Å². The number of carbonyl (C=O) groups is 1. The molecule has 25 heavy (non-hydrogen) atoms. The smallest absolute Gasteiger partial charge is 0.187 e. The van der Waals surface area contributed by atoms with Crippen LogP contribution in [0, 0.1) is 11.7 Å². The Hall–Kier alpha value is -1.72. The number of hydrogen-bond donors (Lipinski definition) is 0. The SMILES string of the molecule is COc1ccc(C(=O)/C=C(\SCC(C)C)Sc2ccc(F)cc2)cc1. The summed E-state index contributed by atoms with van der Waals surface area (Å²) in [5.41, 5.74) is 0.614. The lowest BCUT2D eigenvalue weighted by atomic mass is 10.1. The highest BCUT2D eigenvalue weighted by atomic mass is 32.2. The average molecular weight is 377 g/mol. The van der Waals surface area contributed by atoms with E-state index in [2.05, 4.69) is 13.8 Å². The fraction of sp³-hybridized carbons (Fsp3) is 0.250. The lowest BCUT2D eigenvalue weighted by Gasteiger charge is -2.09. The van der Waals surface area contributed by atoms with Crippen molar-refractivity contribution in [2.75, 3.05) is 12.9 Å². The van der Waals surface area contributed by atoms with Gasteiger partial charge in [-0.15, -0.1) is 11.8 Å². The second kappa shape index (κ2) is 9.68. The van der Waals surface area contributed by atoms with Gasteiger partial charge in [0.1, 0.15) is 11.6 Å². The van der Waals surface area contributed by atoms with Crippen LogP contribution >= 0.6 is 23.5 Å². The van der Waals surface area contributed by atoms with E-state index in [4.69, 9.17) is 4.74 Å². The summed E-state index contributed by atoms with van der Waals surface area (Å²) in [4.78, 5) is 13.4. The quantitative estimate of drug-likeness (QED) is 0.319.